The maximum Gasteiger partial charge on any atom is 0.256 e. The molecular formula is C24H23FN4OS. The molecule has 1 fully saturated rings. The number of hydrogen-bond acceptors (Lipinski definition) is 4. The molecule has 0 saturated carbocycles. The second-order valence-electron chi connectivity index (χ2n) is 7.88. The van der Waals surface area contributed by atoms with Gasteiger partial charge in [-0.15, -0.1) is 11.3 Å². The van der Waals surface area contributed by atoms with E-state index in [4.69, 9.17) is 0 Å². The molecule has 0 aliphatic carbocycles. The molecule has 2 aromatic heterocycles. The van der Waals surface area contributed by atoms with E-state index in [1.807, 2.05) is 16.0 Å². The first-order valence-electron chi connectivity index (χ1n) is 10.5. The van der Waals surface area contributed by atoms with Gasteiger partial charge in [-0.3, -0.25) is 9.69 Å². The fourth-order valence-corrected chi connectivity index (χ4v) is 5.29. The Kier molecular flexibility index (Phi) is 5.53. The number of carbonyl (C=O) groups is 1. The number of rotatable bonds is 5. The average Bonchev–Trinajstić information content (AvgIpc) is 3.40. The van der Waals surface area contributed by atoms with E-state index in [0.717, 1.165) is 32.5 Å². The highest BCUT2D eigenvalue weighted by atomic mass is 32.1. The smallest absolute Gasteiger partial charge is 0.256 e. The van der Waals surface area contributed by atoms with Crippen molar-refractivity contribution in [2.75, 3.05) is 18.4 Å². The van der Waals surface area contributed by atoms with Crippen LogP contribution in [0.25, 0.3) is 10.1 Å². The van der Waals surface area contributed by atoms with Gasteiger partial charge < -0.3 is 5.32 Å². The number of nitrogens with zero attached hydrogens (tertiary/aromatic N) is 3. The first-order chi connectivity index (χ1) is 15.2. The maximum atomic E-state index is 13.4. The molecule has 0 unspecified atom stereocenters. The molecule has 158 valence electrons. The fraction of sp³-hybridized carbons (Fsp3) is 0.250. The highest BCUT2D eigenvalue weighted by Gasteiger charge is 2.24. The lowest BCUT2D eigenvalue weighted by Crippen LogP contribution is -2.34. The standard InChI is InChI=1S/C24H23FN4OS/c25-19-6-3-5-18(14-19)24(30)27-23-8-11-26-29(23)20-9-12-28(13-10-20)16-21-15-17-4-1-2-7-22(17)31-21/h1-8,11,14-15,20H,9-10,12-13,16H2,(H,27,30). The van der Waals surface area contributed by atoms with E-state index in [1.54, 1.807) is 18.3 Å². The number of benzene rings is 2. The summed E-state index contributed by atoms with van der Waals surface area (Å²) < 4.78 is 16.7. The second kappa shape index (κ2) is 8.61. The lowest BCUT2D eigenvalue weighted by Gasteiger charge is -2.32. The van der Waals surface area contributed by atoms with Crippen molar-refractivity contribution in [3.8, 4) is 0 Å². The summed E-state index contributed by atoms with van der Waals surface area (Å²) in [7, 11) is 0. The van der Waals surface area contributed by atoms with Crippen LogP contribution in [0.5, 0.6) is 0 Å². The van der Waals surface area contributed by atoms with Crippen LogP contribution < -0.4 is 5.32 Å². The number of amides is 1. The molecular weight excluding hydrogens is 411 g/mol. The predicted molar refractivity (Wildman–Crippen MR) is 122 cm³/mol. The Morgan fingerprint density at radius 1 is 1.10 bits per heavy atom. The third kappa shape index (κ3) is 4.38. The number of hydrogen-bond donors (Lipinski definition) is 1. The van der Waals surface area contributed by atoms with Gasteiger partial charge in [0, 0.05) is 40.8 Å². The Hall–Kier alpha value is -3.03. The van der Waals surface area contributed by atoms with Crippen LogP contribution in [0.15, 0.2) is 66.9 Å². The molecule has 0 radical (unpaired) electrons. The Morgan fingerprint density at radius 2 is 1.94 bits per heavy atom. The molecule has 31 heavy (non-hydrogen) atoms. The zero-order valence-electron chi connectivity index (χ0n) is 17.0. The van der Waals surface area contributed by atoms with Crippen LogP contribution in [-0.4, -0.2) is 33.7 Å². The summed E-state index contributed by atoms with van der Waals surface area (Å²) in [4.78, 5) is 16.4. The van der Waals surface area contributed by atoms with Crippen molar-refractivity contribution in [3.05, 3.63) is 83.1 Å². The number of halogens is 1. The number of fused-ring (bicyclic) bond motifs is 1. The molecule has 1 saturated heterocycles. The Bertz CT molecular complexity index is 1180. The van der Waals surface area contributed by atoms with Crippen LogP contribution in [-0.2, 0) is 6.54 Å². The molecule has 7 heteroatoms. The van der Waals surface area contributed by atoms with Crippen molar-refractivity contribution >= 4 is 33.1 Å². The van der Waals surface area contributed by atoms with E-state index < -0.39 is 5.82 Å². The van der Waals surface area contributed by atoms with Crippen LogP contribution in [0.3, 0.4) is 0 Å². The third-order valence-corrected chi connectivity index (χ3v) is 6.86. The van der Waals surface area contributed by atoms with E-state index in [0.29, 0.717) is 11.4 Å². The van der Waals surface area contributed by atoms with E-state index >= 15 is 0 Å². The topological polar surface area (TPSA) is 50.2 Å². The van der Waals surface area contributed by atoms with Crippen molar-refractivity contribution < 1.29 is 9.18 Å². The Morgan fingerprint density at radius 3 is 2.74 bits per heavy atom. The minimum atomic E-state index is -0.424. The number of likely N-dealkylation sites (tertiary alicyclic amines) is 1. The molecule has 2 aromatic carbocycles. The van der Waals surface area contributed by atoms with Gasteiger partial charge in [-0.05, 0) is 48.6 Å². The number of piperidine rings is 1. The summed E-state index contributed by atoms with van der Waals surface area (Å²) in [6.07, 6.45) is 3.63. The highest BCUT2D eigenvalue weighted by molar-refractivity contribution is 7.19. The molecule has 5 nitrogen and oxygen atoms in total. The monoisotopic (exact) mass is 434 g/mol. The van der Waals surface area contributed by atoms with Gasteiger partial charge in [-0.25, -0.2) is 9.07 Å². The SMILES string of the molecule is O=C(Nc1ccnn1C1CCN(Cc2cc3ccccc3s2)CC1)c1cccc(F)c1. The van der Waals surface area contributed by atoms with E-state index in [1.165, 1.54) is 33.2 Å². The summed E-state index contributed by atoms with van der Waals surface area (Å²) in [5, 5.41) is 8.65. The minimum Gasteiger partial charge on any atom is -0.307 e. The summed E-state index contributed by atoms with van der Waals surface area (Å²) in [5.41, 5.74) is 0.297. The lowest BCUT2D eigenvalue weighted by molar-refractivity contribution is 0.102. The minimum absolute atomic E-state index is 0.233. The zero-order valence-corrected chi connectivity index (χ0v) is 17.8. The number of carbonyl (C=O) groups excluding carboxylic acids is 1. The quantitative estimate of drug-likeness (QED) is 0.462. The van der Waals surface area contributed by atoms with Gasteiger partial charge in [0.15, 0.2) is 0 Å². The van der Waals surface area contributed by atoms with Gasteiger partial charge in [0.2, 0.25) is 0 Å². The summed E-state index contributed by atoms with van der Waals surface area (Å²) in [5.74, 6) is -0.104. The summed E-state index contributed by atoms with van der Waals surface area (Å²) >= 11 is 1.86. The third-order valence-electron chi connectivity index (χ3n) is 5.76. The number of thiophene rings is 1. The summed E-state index contributed by atoms with van der Waals surface area (Å²) in [6, 6.07) is 18.5. The van der Waals surface area contributed by atoms with Crippen molar-refractivity contribution in [1.29, 1.82) is 0 Å². The predicted octanol–water partition coefficient (Wildman–Crippen LogP) is 5.33. The van der Waals surface area contributed by atoms with Crippen molar-refractivity contribution in [2.45, 2.75) is 25.4 Å². The summed E-state index contributed by atoms with van der Waals surface area (Å²) in [6.45, 7) is 2.93. The molecule has 0 atom stereocenters. The van der Waals surface area contributed by atoms with Gasteiger partial charge in [-0.2, -0.15) is 5.10 Å². The normalized spacial score (nSPS) is 15.4. The van der Waals surface area contributed by atoms with Gasteiger partial charge in [0.05, 0.1) is 12.2 Å². The molecule has 1 aliphatic heterocycles. The molecule has 4 aromatic rings. The van der Waals surface area contributed by atoms with Crippen LogP contribution in [0, 0.1) is 5.82 Å². The molecule has 5 rings (SSSR count). The van der Waals surface area contributed by atoms with Crippen molar-refractivity contribution in [2.24, 2.45) is 0 Å². The Balaban J connectivity index is 1.21. The van der Waals surface area contributed by atoms with Crippen LogP contribution in [0.4, 0.5) is 10.2 Å². The highest BCUT2D eigenvalue weighted by Crippen LogP contribution is 2.30. The number of anilines is 1. The van der Waals surface area contributed by atoms with Gasteiger partial charge >= 0.3 is 0 Å². The van der Waals surface area contributed by atoms with E-state index in [9.17, 15) is 9.18 Å². The maximum absolute atomic E-state index is 13.4. The lowest BCUT2D eigenvalue weighted by atomic mass is 10.1. The molecule has 1 amide bonds. The number of aromatic nitrogens is 2. The molecule has 0 spiro atoms. The van der Waals surface area contributed by atoms with Crippen LogP contribution in [0.1, 0.15) is 34.1 Å². The molecule has 1 N–H and O–H groups in total. The van der Waals surface area contributed by atoms with Crippen LogP contribution in [0.2, 0.25) is 0 Å². The Labute approximate surface area is 184 Å². The molecule has 0 bridgehead atoms. The van der Waals surface area contributed by atoms with E-state index in [2.05, 4.69) is 45.6 Å². The van der Waals surface area contributed by atoms with Crippen molar-refractivity contribution in [1.82, 2.24) is 14.7 Å². The van der Waals surface area contributed by atoms with Crippen LogP contribution >= 0.6 is 11.3 Å². The van der Waals surface area contributed by atoms with E-state index in [-0.39, 0.29) is 11.9 Å². The van der Waals surface area contributed by atoms with Gasteiger partial charge in [0.25, 0.3) is 5.91 Å². The van der Waals surface area contributed by atoms with Gasteiger partial charge in [-0.1, -0.05) is 24.3 Å². The molecule has 1 aliphatic rings. The average molecular weight is 435 g/mol. The first kappa shape index (κ1) is 19.9. The van der Waals surface area contributed by atoms with Gasteiger partial charge in [0.1, 0.15) is 11.6 Å². The largest absolute Gasteiger partial charge is 0.307 e. The first-order valence-corrected chi connectivity index (χ1v) is 11.3. The zero-order chi connectivity index (χ0) is 21.2. The second-order valence-corrected chi connectivity index (χ2v) is 9.05. The molecule has 3 heterocycles. The number of nitrogens with one attached hydrogen (secondary N) is 1. The fourth-order valence-electron chi connectivity index (χ4n) is 4.18. The van der Waals surface area contributed by atoms with Crippen molar-refractivity contribution in [3.63, 3.8) is 0 Å².